The van der Waals surface area contributed by atoms with Gasteiger partial charge in [-0.25, -0.2) is 22.6 Å². The van der Waals surface area contributed by atoms with Crippen LogP contribution in [0.5, 0.6) is 0 Å². The van der Waals surface area contributed by atoms with Crippen molar-refractivity contribution in [2.45, 2.75) is 34.6 Å². The minimum atomic E-state index is 0. The monoisotopic (exact) mass is 1150 g/mol. The van der Waals surface area contributed by atoms with Crippen LogP contribution in [0, 0.1) is 85.6 Å². The van der Waals surface area contributed by atoms with Crippen LogP contribution < -0.4 is 39.2 Å². The zero-order valence-corrected chi connectivity index (χ0v) is 44.1. The largest absolute Gasteiger partial charge is 0.519 e. The molecule has 0 saturated heterocycles. The summed E-state index contributed by atoms with van der Waals surface area (Å²) in [4.78, 5) is 27.2. The molecule has 0 fully saturated rings. The minimum absolute atomic E-state index is 0. The molecule has 13 rings (SSSR count). The Labute approximate surface area is 460 Å². The van der Waals surface area contributed by atoms with E-state index in [1.54, 1.807) is 0 Å². The van der Waals surface area contributed by atoms with Gasteiger partial charge in [0.1, 0.15) is 0 Å². The molecule has 7 heterocycles. The Hall–Kier alpha value is -7.64. The van der Waals surface area contributed by atoms with E-state index in [4.69, 9.17) is 9.97 Å². The maximum atomic E-state index is 5.25. The SMILES string of the molecule is Cc1ccc(N2C=CN(c3[c-]c4c(cn3)c3ncc(N5[CH-]N(c6ccc(C)cc6)c6ccccc65)[c-]c3n4-c3[c-]c(N4C=CN(c5ccc(C)cc5)[CH-]4)c(C)c(N4C=CN(c5ccc(C)cc5)[CH-]4)[c-]3)[CH-]2)cc1.[Pd].[Pd]. The number of para-hydroxylation sites is 2. The van der Waals surface area contributed by atoms with E-state index in [2.05, 4.69) is 264 Å². The Balaban J connectivity index is 0.00000294. The van der Waals surface area contributed by atoms with Crippen LogP contribution in [0.4, 0.5) is 57.0 Å². The number of aromatic nitrogens is 3. The molecule has 4 aliphatic heterocycles. The van der Waals surface area contributed by atoms with Gasteiger partial charge in [0, 0.05) is 80.8 Å². The van der Waals surface area contributed by atoms with E-state index in [-0.39, 0.29) is 40.8 Å². The first-order valence-electron chi connectivity index (χ1n) is 23.9. The van der Waals surface area contributed by atoms with Gasteiger partial charge in [-0.05, 0) is 126 Å². The molecule has 0 unspecified atom stereocenters. The summed E-state index contributed by atoms with van der Waals surface area (Å²) < 4.78 is 2.14. The molecule has 0 aliphatic carbocycles. The van der Waals surface area contributed by atoms with Crippen LogP contribution in [0.3, 0.4) is 0 Å². The number of rotatable bonds is 9. The number of nitrogens with zero attached hydrogens (tertiary/aromatic N) is 11. The van der Waals surface area contributed by atoms with Gasteiger partial charge in [0.2, 0.25) is 0 Å². The molecule has 0 atom stereocenters. The van der Waals surface area contributed by atoms with Gasteiger partial charge in [0.05, 0.1) is 0 Å². The molecule has 74 heavy (non-hydrogen) atoms. The van der Waals surface area contributed by atoms with Crippen molar-refractivity contribution >= 4 is 78.9 Å². The Morgan fingerprint density at radius 3 is 1.36 bits per heavy atom. The molecule has 0 bridgehead atoms. The summed E-state index contributed by atoms with van der Waals surface area (Å²) in [5.74, 6) is 0.620. The van der Waals surface area contributed by atoms with Crippen LogP contribution in [-0.4, -0.2) is 14.5 Å². The topological polar surface area (TPSA) is 56.6 Å². The number of anilines is 10. The predicted octanol–water partition coefficient (Wildman–Crippen LogP) is 13.5. The van der Waals surface area contributed by atoms with Gasteiger partial charge < -0.3 is 60.9 Å². The van der Waals surface area contributed by atoms with E-state index < -0.39 is 0 Å². The molecule has 6 aromatic carbocycles. The average Bonchev–Trinajstić information content (AvgIpc) is 4.28. The van der Waals surface area contributed by atoms with E-state index in [1.165, 1.54) is 22.3 Å². The van der Waals surface area contributed by atoms with Crippen LogP contribution in [0.1, 0.15) is 27.8 Å². The predicted molar refractivity (Wildman–Crippen MR) is 291 cm³/mol. The fourth-order valence-corrected chi connectivity index (χ4v) is 9.55. The van der Waals surface area contributed by atoms with E-state index in [0.29, 0.717) is 11.5 Å². The third-order valence-corrected chi connectivity index (χ3v) is 13.6. The van der Waals surface area contributed by atoms with Gasteiger partial charge >= 0.3 is 0 Å². The van der Waals surface area contributed by atoms with Crippen LogP contribution in [0.15, 0.2) is 171 Å². The molecule has 3 aromatic heterocycles. The van der Waals surface area contributed by atoms with E-state index in [0.717, 1.165) is 78.7 Å². The second kappa shape index (κ2) is 19.7. The Morgan fingerprint density at radius 2 is 0.851 bits per heavy atom. The van der Waals surface area contributed by atoms with Gasteiger partial charge in [-0.1, -0.05) is 112 Å². The molecule has 4 aliphatic rings. The molecule has 374 valence electrons. The van der Waals surface area contributed by atoms with Crippen molar-refractivity contribution in [2.75, 3.05) is 39.2 Å². The molecule has 0 amide bonds. The summed E-state index contributed by atoms with van der Waals surface area (Å²) >= 11 is 0. The maximum absolute atomic E-state index is 5.25. The van der Waals surface area contributed by atoms with Crippen molar-refractivity contribution in [2.24, 2.45) is 0 Å². The Bertz CT molecular complexity index is 3550. The molecule has 0 saturated carbocycles. The number of fused-ring (bicyclic) bond motifs is 4. The molecule has 0 radical (unpaired) electrons. The molecule has 0 N–H and O–H groups in total. The van der Waals surface area contributed by atoms with Crippen molar-refractivity contribution in [3.8, 4) is 5.69 Å². The van der Waals surface area contributed by atoms with E-state index in [9.17, 15) is 0 Å². The van der Waals surface area contributed by atoms with Crippen LogP contribution >= 0.6 is 0 Å². The zero-order chi connectivity index (χ0) is 48.6. The molecule has 9 aromatic rings. The van der Waals surface area contributed by atoms with Gasteiger partial charge in [-0.2, -0.15) is 11.5 Å². The number of hydrogen-bond donors (Lipinski definition) is 0. The Morgan fingerprint density at radius 1 is 0.405 bits per heavy atom. The van der Waals surface area contributed by atoms with Crippen molar-refractivity contribution in [1.82, 2.24) is 14.5 Å². The molecular formula is C61H47N11Pd2-8. The van der Waals surface area contributed by atoms with Crippen LogP contribution in [-0.2, 0) is 40.8 Å². The summed E-state index contributed by atoms with van der Waals surface area (Å²) in [6.45, 7) is 18.9. The second-order valence-electron chi connectivity index (χ2n) is 18.6. The minimum Gasteiger partial charge on any atom is -0.519 e. The summed E-state index contributed by atoms with van der Waals surface area (Å²) in [5, 5.41) is 0.823. The van der Waals surface area contributed by atoms with Crippen LogP contribution in [0.2, 0.25) is 0 Å². The van der Waals surface area contributed by atoms with E-state index in [1.807, 2.05) is 36.4 Å². The summed E-state index contributed by atoms with van der Waals surface area (Å²) in [6, 6.07) is 58.0. The quantitative estimate of drug-likeness (QED) is 0.103. The maximum Gasteiger partial charge on any atom is 0.0344 e. The standard InChI is InChI=1S/C61H47N11.2Pd/c1-42-10-18-47(19-11-42)64-26-29-67(38-64)56-32-51(33-57(46(56)5)68-30-27-65(39-68)48-20-12-43(2)13-21-48)72-58-35-60(69-31-28-66(40-69)49-22-14-44(3)15-23-49)62-37-53(58)61-59(72)34-52(36-63-61)71-41-70(50-24-16-45(4)17-25-50)54-8-6-7-9-55(54)71;;/h6-31,36-41H,1-5H3;;/q-8;;. The third-order valence-electron chi connectivity index (χ3n) is 13.6. The smallest absolute Gasteiger partial charge is 0.0344 e. The van der Waals surface area contributed by atoms with E-state index >= 15 is 0 Å². The first kappa shape index (κ1) is 48.6. The Kier molecular flexibility index (Phi) is 12.9. The molecule has 11 nitrogen and oxygen atoms in total. The first-order valence-corrected chi connectivity index (χ1v) is 23.9. The molecule has 13 heteroatoms. The summed E-state index contributed by atoms with van der Waals surface area (Å²) in [5.41, 5.74) is 17.5. The van der Waals surface area contributed by atoms with Crippen molar-refractivity contribution in [3.05, 3.63) is 250 Å². The number of pyridine rings is 2. The molecular weight excluding hydrogens is 1100 g/mol. The van der Waals surface area contributed by atoms with Crippen molar-refractivity contribution in [3.63, 3.8) is 0 Å². The molecule has 0 spiro atoms. The summed E-state index contributed by atoms with van der Waals surface area (Å²) in [6.07, 6.45) is 16.2. The van der Waals surface area contributed by atoms with Crippen LogP contribution in [0.25, 0.3) is 27.6 Å². The van der Waals surface area contributed by atoms with Gasteiger partial charge in [-0.15, -0.1) is 45.2 Å². The zero-order valence-electron chi connectivity index (χ0n) is 41.0. The first-order chi connectivity index (χ1) is 35.2. The fraction of sp³-hybridized carbons (Fsp3) is 0.0820. The number of hydrogen-bond acceptors (Lipinski definition) is 10. The van der Waals surface area contributed by atoms with Gasteiger partial charge in [0.25, 0.3) is 0 Å². The summed E-state index contributed by atoms with van der Waals surface area (Å²) in [7, 11) is 0. The second-order valence-corrected chi connectivity index (χ2v) is 18.6. The van der Waals surface area contributed by atoms with Crippen molar-refractivity contribution < 1.29 is 40.8 Å². The third kappa shape index (κ3) is 8.70. The normalized spacial score (nSPS) is 14.8. The van der Waals surface area contributed by atoms with Gasteiger partial charge in [0.15, 0.2) is 0 Å². The fourth-order valence-electron chi connectivity index (χ4n) is 9.55. The van der Waals surface area contributed by atoms with Crippen molar-refractivity contribution in [1.29, 1.82) is 0 Å². The number of aryl methyl sites for hydroxylation is 4. The average molecular weight is 1150 g/mol. The van der Waals surface area contributed by atoms with Gasteiger partial charge in [-0.3, -0.25) is 4.98 Å². The number of benzene rings is 6.